The summed E-state index contributed by atoms with van der Waals surface area (Å²) in [5, 5.41) is 5.82. The van der Waals surface area contributed by atoms with E-state index in [1.165, 1.54) is 0 Å². The Bertz CT molecular complexity index is 1080. The molecule has 2 rings (SSSR count). The highest BCUT2D eigenvalue weighted by Gasteiger charge is 2.41. The van der Waals surface area contributed by atoms with Crippen LogP contribution >= 0.6 is 11.8 Å². The SMILES string of the molecule is CCc1ccc(C(C(=O)NCc2ccccc2)N(C(=O)C(CCSC)NC(=O)OC(C)(C)C)C(C)(C)C)cc1. The maximum Gasteiger partial charge on any atom is 0.408 e. The van der Waals surface area contributed by atoms with Crippen molar-refractivity contribution < 1.29 is 19.1 Å². The fourth-order valence-electron chi connectivity index (χ4n) is 4.19. The zero-order valence-electron chi connectivity index (χ0n) is 24.7. The number of carbonyl (C=O) groups is 3. The van der Waals surface area contributed by atoms with Crippen LogP contribution in [0.4, 0.5) is 4.79 Å². The number of carbonyl (C=O) groups excluding carboxylic acids is 3. The van der Waals surface area contributed by atoms with Crippen LogP contribution in [0.5, 0.6) is 0 Å². The largest absolute Gasteiger partial charge is 0.444 e. The van der Waals surface area contributed by atoms with Gasteiger partial charge in [-0.3, -0.25) is 9.59 Å². The van der Waals surface area contributed by atoms with Crippen LogP contribution in [0.25, 0.3) is 0 Å². The van der Waals surface area contributed by atoms with Crippen molar-refractivity contribution >= 4 is 29.7 Å². The number of nitrogens with one attached hydrogen (secondary N) is 2. The molecule has 7 nitrogen and oxygen atoms in total. The maximum atomic E-state index is 14.3. The number of thioether (sulfide) groups is 1. The number of rotatable bonds is 11. The monoisotopic (exact) mass is 555 g/mol. The number of alkyl carbamates (subject to hydrolysis) is 1. The third-order valence-corrected chi connectivity index (χ3v) is 6.72. The summed E-state index contributed by atoms with van der Waals surface area (Å²) >= 11 is 1.59. The normalized spacial score (nSPS) is 13.2. The van der Waals surface area contributed by atoms with Gasteiger partial charge in [-0.1, -0.05) is 61.5 Å². The van der Waals surface area contributed by atoms with E-state index >= 15 is 0 Å². The summed E-state index contributed by atoms with van der Waals surface area (Å²) in [6.07, 6.45) is 2.56. The van der Waals surface area contributed by atoms with Gasteiger partial charge < -0.3 is 20.3 Å². The molecule has 0 saturated heterocycles. The molecule has 214 valence electrons. The molecule has 0 aromatic heterocycles. The summed E-state index contributed by atoms with van der Waals surface area (Å²) in [5.74, 6) is 0.0365. The third kappa shape index (κ3) is 10.2. The van der Waals surface area contributed by atoms with E-state index in [0.717, 1.165) is 17.5 Å². The Hall–Kier alpha value is -3.00. The number of hydrogen-bond acceptors (Lipinski definition) is 5. The van der Waals surface area contributed by atoms with E-state index in [-0.39, 0.29) is 11.8 Å². The molecule has 0 heterocycles. The standard InChI is InChI=1S/C31H45N3O4S/c1-9-22-15-17-24(18-16-22)26(27(35)32-21-23-13-11-10-12-14-23)34(30(2,3)4)28(36)25(19-20-39-8)33-29(37)38-31(5,6)7/h10-18,25-26H,9,19-21H2,1-8H3,(H,32,35)(H,33,37). The third-order valence-electron chi connectivity index (χ3n) is 6.08. The molecule has 0 fully saturated rings. The molecule has 0 bridgehead atoms. The Morgan fingerprint density at radius 2 is 1.54 bits per heavy atom. The number of aryl methyl sites for hydroxylation is 1. The van der Waals surface area contributed by atoms with Crippen molar-refractivity contribution in [1.82, 2.24) is 15.5 Å². The lowest BCUT2D eigenvalue weighted by molar-refractivity contribution is -0.148. The van der Waals surface area contributed by atoms with Gasteiger partial charge in [0.1, 0.15) is 17.7 Å². The van der Waals surface area contributed by atoms with Gasteiger partial charge in [-0.25, -0.2) is 4.79 Å². The van der Waals surface area contributed by atoms with Gasteiger partial charge >= 0.3 is 6.09 Å². The molecule has 2 unspecified atom stereocenters. The molecule has 2 aromatic carbocycles. The lowest BCUT2D eigenvalue weighted by atomic mass is 9.94. The van der Waals surface area contributed by atoms with Crippen molar-refractivity contribution in [3.8, 4) is 0 Å². The van der Waals surface area contributed by atoms with Gasteiger partial charge in [-0.2, -0.15) is 11.8 Å². The fraction of sp³-hybridized carbons (Fsp3) is 0.516. The van der Waals surface area contributed by atoms with Crippen LogP contribution in [0, 0.1) is 0 Å². The quantitative estimate of drug-likeness (QED) is 0.362. The molecule has 0 aliphatic rings. The molecular formula is C31H45N3O4S. The Morgan fingerprint density at radius 3 is 2.05 bits per heavy atom. The first kappa shape index (κ1) is 32.2. The van der Waals surface area contributed by atoms with Crippen LogP contribution in [-0.4, -0.2) is 52.0 Å². The van der Waals surface area contributed by atoms with Gasteiger partial charge in [0.2, 0.25) is 11.8 Å². The summed E-state index contributed by atoms with van der Waals surface area (Å²) in [5.41, 5.74) is 1.37. The number of nitrogens with zero attached hydrogens (tertiary/aromatic N) is 1. The number of ether oxygens (including phenoxy) is 1. The van der Waals surface area contributed by atoms with Gasteiger partial charge in [-0.15, -0.1) is 0 Å². The van der Waals surface area contributed by atoms with E-state index in [2.05, 4.69) is 17.6 Å². The molecule has 0 spiro atoms. The maximum absolute atomic E-state index is 14.3. The second-order valence-corrected chi connectivity index (χ2v) is 12.5. The second-order valence-electron chi connectivity index (χ2n) is 11.6. The second kappa shape index (κ2) is 14.4. The molecule has 2 N–H and O–H groups in total. The summed E-state index contributed by atoms with van der Waals surface area (Å²) in [7, 11) is 0. The zero-order chi connectivity index (χ0) is 29.2. The first-order valence-corrected chi connectivity index (χ1v) is 14.9. The zero-order valence-corrected chi connectivity index (χ0v) is 25.5. The Balaban J connectivity index is 2.50. The highest BCUT2D eigenvalue weighted by atomic mass is 32.2. The highest BCUT2D eigenvalue weighted by molar-refractivity contribution is 7.98. The van der Waals surface area contributed by atoms with Crippen molar-refractivity contribution in [3.63, 3.8) is 0 Å². The molecule has 0 aliphatic carbocycles. The van der Waals surface area contributed by atoms with Gasteiger partial charge in [0.25, 0.3) is 0 Å². The summed E-state index contributed by atoms with van der Waals surface area (Å²) in [6, 6.07) is 15.7. The van der Waals surface area contributed by atoms with Crippen molar-refractivity contribution in [2.45, 2.75) is 91.1 Å². The van der Waals surface area contributed by atoms with E-state index in [9.17, 15) is 14.4 Å². The van der Waals surface area contributed by atoms with Crippen LogP contribution in [-0.2, 0) is 27.3 Å². The molecule has 2 aromatic rings. The van der Waals surface area contributed by atoms with Gasteiger partial charge in [0, 0.05) is 12.1 Å². The van der Waals surface area contributed by atoms with E-state index in [1.54, 1.807) is 37.4 Å². The first-order chi connectivity index (χ1) is 18.3. The van der Waals surface area contributed by atoms with E-state index in [4.69, 9.17) is 4.74 Å². The summed E-state index contributed by atoms with van der Waals surface area (Å²) in [4.78, 5) is 42.5. The Kier molecular flexibility index (Phi) is 11.9. The molecule has 0 radical (unpaired) electrons. The van der Waals surface area contributed by atoms with E-state index in [1.807, 2.05) is 81.6 Å². The lowest BCUT2D eigenvalue weighted by Crippen LogP contribution is -2.58. The van der Waals surface area contributed by atoms with Crippen molar-refractivity contribution in [2.75, 3.05) is 12.0 Å². The minimum Gasteiger partial charge on any atom is -0.444 e. The van der Waals surface area contributed by atoms with Crippen LogP contribution in [0.2, 0.25) is 0 Å². The number of amides is 3. The van der Waals surface area contributed by atoms with E-state index in [0.29, 0.717) is 24.3 Å². The minimum atomic E-state index is -0.899. The molecular weight excluding hydrogens is 510 g/mol. The number of benzene rings is 2. The average Bonchev–Trinajstić information content (AvgIpc) is 2.86. The van der Waals surface area contributed by atoms with Crippen molar-refractivity contribution in [2.24, 2.45) is 0 Å². The summed E-state index contributed by atoms with van der Waals surface area (Å²) in [6.45, 7) is 13.5. The molecule has 39 heavy (non-hydrogen) atoms. The lowest BCUT2D eigenvalue weighted by Gasteiger charge is -2.43. The van der Waals surface area contributed by atoms with Gasteiger partial charge in [0.15, 0.2) is 0 Å². The molecule has 3 amide bonds. The molecule has 8 heteroatoms. The van der Waals surface area contributed by atoms with Gasteiger partial charge in [0.05, 0.1) is 0 Å². The van der Waals surface area contributed by atoms with Crippen LogP contribution in [0.3, 0.4) is 0 Å². The topological polar surface area (TPSA) is 87.7 Å². The smallest absolute Gasteiger partial charge is 0.408 e. The highest BCUT2D eigenvalue weighted by Crippen LogP contribution is 2.31. The van der Waals surface area contributed by atoms with Gasteiger partial charge in [-0.05, 0) is 83.1 Å². The average molecular weight is 556 g/mol. The fourth-order valence-corrected chi connectivity index (χ4v) is 4.66. The predicted octanol–water partition coefficient (Wildman–Crippen LogP) is 5.88. The summed E-state index contributed by atoms with van der Waals surface area (Å²) < 4.78 is 5.46. The van der Waals surface area contributed by atoms with Crippen molar-refractivity contribution in [3.05, 3.63) is 71.3 Å². The Labute approximate surface area is 238 Å². The number of hydrogen-bond donors (Lipinski definition) is 2. The minimum absolute atomic E-state index is 0.285. The first-order valence-electron chi connectivity index (χ1n) is 13.5. The van der Waals surface area contributed by atoms with E-state index < -0.39 is 29.3 Å². The van der Waals surface area contributed by atoms with Crippen LogP contribution in [0.1, 0.15) is 77.6 Å². The van der Waals surface area contributed by atoms with Crippen LogP contribution < -0.4 is 10.6 Å². The Morgan fingerprint density at radius 1 is 0.923 bits per heavy atom. The molecule has 0 aliphatic heterocycles. The molecule has 2 atom stereocenters. The van der Waals surface area contributed by atoms with Crippen LogP contribution in [0.15, 0.2) is 54.6 Å². The van der Waals surface area contributed by atoms with Crippen molar-refractivity contribution in [1.29, 1.82) is 0 Å². The predicted molar refractivity (Wildman–Crippen MR) is 160 cm³/mol. The molecule has 0 saturated carbocycles.